The summed E-state index contributed by atoms with van der Waals surface area (Å²) in [5.74, 6) is -1.13. The number of hydrogen-bond donors (Lipinski definition) is 2. The van der Waals surface area contributed by atoms with Crippen molar-refractivity contribution >= 4 is 11.9 Å². The minimum Gasteiger partial charge on any atom is -0.496 e. The number of aliphatic carboxylic acids is 1. The molecule has 5 heteroatoms. The SMILES string of the molecule is COc1ccccc1CCC(=O)NCC(C(=O)O)c1ccccc1. The lowest BCUT2D eigenvalue weighted by Gasteiger charge is -2.14. The number of carbonyl (C=O) groups excluding carboxylic acids is 1. The van der Waals surface area contributed by atoms with Gasteiger partial charge in [-0.2, -0.15) is 0 Å². The summed E-state index contributed by atoms with van der Waals surface area (Å²) in [5.41, 5.74) is 1.63. The first-order chi connectivity index (χ1) is 11.6. The molecule has 0 saturated heterocycles. The molecule has 0 aliphatic rings. The van der Waals surface area contributed by atoms with Crippen molar-refractivity contribution in [2.75, 3.05) is 13.7 Å². The number of carboxylic acid groups (broad SMARTS) is 1. The third-order valence-electron chi connectivity index (χ3n) is 3.82. The Morgan fingerprint density at radius 1 is 1.08 bits per heavy atom. The number of ether oxygens (including phenoxy) is 1. The molecule has 24 heavy (non-hydrogen) atoms. The molecule has 1 atom stereocenters. The van der Waals surface area contributed by atoms with Crippen molar-refractivity contribution in [3.8, 4) is 5.75 Å². The second-order valence-electron chi connectivity index (χ2n) is 5.42. The van der Waals surface area contributed by atoms with E-state index in [1.807, 2.05) is 30.3 Å². The largest absolute Gasteiger partial charge is 0.496 e. The molecule has 2 aromatic carbocycles. The van der Waals surface area contributed by atoms with E-state index in [1.54, 1.807) is 31.4 Å². The highest BCUT2D eigenvalue weighted by Crippen LogP contribution is 2.19. The monoisotopic (exact) mass is 327 g/mol. The fraction of sp³-hybridized carbons (Fsp3) is 0.263. The fourth-order valence-corrected chi connectivity index (χ4v) is 2.50. The van der Waals surface area contributed by atoms with Gasteiger partial charge in [0.1, 0.15) is 5.75 Å². The van der Waals surface area contributed by atoms with Gasteiger partial charge in [-0.1, -0.05) is 48.5 Å². The Morgan fingerprint density at radius 3 is 2.42 bits per heavy atom. The maximum Gasteiger partial charge on any atom is 0.312 e. The summed E-state index contributed by atoms with van der Waals surface area (Å²) in [6.45, 7) is 0.0735. The predicted molar refractivity (Wildman–Crippen MR) is 91.1 cm³/mol. The average Bonchev–Trinajstić information content (AvgIpc) is 2.61. The Bertz CT molecular complexity index is 685. The fourth-order valence-electron chi connectivity index (χ4n) is 2.50. The van der Waals surface area contributed by atoms with Crippen molar-refractivity contribution in [2.24, 2.45) is 0 Å². The summed E-state index contributed by atoms with van der Waals surface area (Å²) in [6, 6.07) is 16.4. The smallest absolute Gasteiger partial charge is 0.312 e. The second kappa shape index (κ2) is 8.72. The maximum atomic E-state index is 12.0. The number of benzene rings is 2. The third-order valence-corrected chi connectivity index (χ3v) is 3.82. The van der Waals surface area contributed by atoms with Crippen LogP contribution < -0.4 is 10.1 Å². The average molecular weight is 327 g/mol. The zero-order valence-corrected chi connectivity index (χ0v) is 13.6. The molecule has 0 fully saturated rings. The van der Waals surface area contributed by atoms with Gasteiger partial charge in [0.15, 0.2) is 0 Å². The van der Waals surface area contributed by atoms with Crippen molar-refractivity contribution in [3.05, 3.63) is 65.7 Å². The van der Waals surface area contributed by atoms with Crippen LogP contribution in [0.2, 0.25) is 0 Å². The number of hydrogen-bond acceptors (Lipinski definition) is 3. The number of para-hydroxylation sites is 1. The molecule has 126 valence electrons. The van der Waals surface area contributed by atoms with Crippen molar-refractivity contribution in [1.29, 1.82) is 0 Å². The first kappa shape index (κ1) is 17.5. The van der Waals surface area contributed by atoms with E-state index >= 15 is 0 Å². The molecule has 0 aromatic heterocycles. The van der Waals surface area contributed by atoms with Gasteiger partial charge in [0, 0.05) is 13.0 Å². The van der Waals surface area contributed by atoms with E-state index in [-0.39, 0.29) is 18.9 Å². The molecule has 0 spiro atoms. The molecule has 2 N–H and O–H groups in total. The van der Waals surface area contributed by atoms with E-state index in [1.165, 1.54) is 0 Å². The van der Waals surface area contributed by atoms with E-state index in [9.17, 15) is 14.7 Å². The minimum absolute atomic E-state index is 0.0735. The molecule has 2 aromatic rings. The molecule has 0 bridgehead atoms. The second-order valence-corrected chi connectivity index (χ2v) is 5.42. The number of carboxylic acids is 1. The summed E-state index contributed by atoms with van der Waals surface area (Å²) in [5, 5.41) is 12.1. The van der Waals surface area contributed by atoms with Gasteiger partial charge in [0.2, 0.25) is 5.91 Å². The van der Waals surface area contributed by atoms with Crippen molar-refractivity contribution in [2.45, 2.75) is 18.8 Å². The van der Waals surface area contributed by atoms with Crippen LogP contribution in [0.25, 0.3) is 0 Å². The zero-order chi connectivity index (χ0) is 17.4. The normalized spacial score (nSPS) is 11.5. The minimum atomic E-state index is -0.953. The lowest BCUT2D eigenvalue weighted by Crippen LogP contribution is -2.31. The van der Waals surface area contributed by atoms with Gasteiger partial charge in [-0.05, 0) is 23.6 Å². The van der Waals surface area contributed by atoms with Crippen LogP contribution in [0, 0.1) is 0 Å². The van der Waals surface area contributed by atoms with Crippen LogP contribution in [0.5, 0.6) is 5.75 Å². The lowest BCUT2D eigenvalue weighted by molar-refractivity contribution is -0.138. The van der Waals surface area contributed by atoms with Crippen LogP contribution in [0.4, 0.5) is 0 Å². The number of amides is 1. The molecular weight excluding hydrogens is 306 g/mol. The van der Waals surface area contributed by atoms with E-state index in [2.05, 4.69) is 5.32 Å². The standard InChI is InChI=1S/C19H21NO4/c1-24-17-10-6-5-9-15(17)11-12-18(21)20-13-16(19(22)23)14-7-3-2-4-8-14/h2-10,16H,11-13H2,1H3,(H,20,21)(H,22,23). The van der Waals surface area contributed by atoms with Gasteiger partial charge >= 0.3 is 5.97 Å². The zero-order valence-electron chi connectivity index (χ0n) is 13.6. The number of methoxy groups -OCH3 is 1. The summed E-state index contributed by atoms with van der Waals surface area (Å²) in [4.78, 5) is 23.4. The molecule has 0 saturated carbocycles. The van der Waals surface area contributed by atoms with E-state index in [0.717, 1.165) is 11.3 Å². The van der Waals surface area contributed by atoms with Crippen LogP contribution in [-0.2, 0) is 16.0 Å². The van der Waals surface area contributed by atoms with E-state index < -0.39 is 11.9 Å². The predicted octanol–water partition coefficient (Wildman–Crippen LogP) is 2.61. The highest BCUT2D eigenvalue weighted by molar-refractivity contribution is 5.80. The van der Waals surface area contributed by atoms with Crippen LogP contribution in [0.3, 0.4) is 0 Å². The number of rotatable bonds is 8. The Kier molecular flexibility index (Phi) is 6.37. The number of aryl methyl sites for hydroxylation is 1. The van der Waals surface area contributed by atoms with Crippen LogP contribution in [-0.4, -0.2) is 30.6 Å². The van der Waals surface area contributed by atoms with Gasteiger partial charge < -0.3 is 15.2 Å². The van der Waals surface area contributed by atoms with Gasteiger partial charge in [-0.3, -0.25) is 9.59 Å². The molecule has 0 heterocycles. The molecular formula is C19H21NO4. The van der Waals surface area contributed by atoms with Crippen molar-refractivity contribution < 1.29 is 19.4 Å². The van der Waals surface area contributed by atoms with Crippen LogP contribution >= 0.6 is 0 Å². The summed E-state index contributed by atoms with van der Waals surface area (Å²) < 4.78 is 5.26. The van der Waals surface area contributed by atoms with Gasteiger partial charge in [-0.15, -0.1) is 0 Å². The Labute approximate surface area is 141 Å². The Hall–Kier alpha value is -2.82. The molecule has 0 radical (unpaired) electrons. The first-order valence-electron chi connectivity index (χ1n) is 7.78. The van der Waals surface area contributed by atoms with Gasteiger partial charge in [0.05, 0.1) is 13.0 Å². The molecule has 5 nitrogen and oxygen atoms in total. The quantitative estimate of drug-likeness (QED) is 0.781. The van der Waals surface area contributed by atoms with Gasteiger partial charge in [0.25, 0.3) is 0 Å². The maximum absolute atomic E-state index is 12.0. The molecule has 1 unspecified atom stereocenters. The number of nitrogens with one attached hydrogen (secondary N) is 1. The van der Waals surface area contributed by atoms with Crippen LogP contribution in [0.15, 0.2) is 54.6 Å². The summed E-state index contributed by atoms with van der Waals surface area (Å²) in [6.07, 6.45) is 0.820. The molecule has 2 rings (SSSR count). The van der Waals surface area contributed by atoms with E-state index in [4.69, 9.17) is 4.74 Å². The molecule has 0 aliphatic heterocycles. The molecule has 1 amide bonds. The first-order valence-corrected chi connectivity index (χ1v) is 7.78. The third kappa shape index (κ3) is 4.84. The van der Waals surface area contributed by atoms with Gasteiger partial charge in [-0.25, -0.2) is 0 Å². The lowest BCUT2D eigenvalue weighted by atomic mass is 9.99. The highest BCUT2D eigenvalue weighted by atomic mass is 16.5. The Balaban J connectivity index is 1.89. The summed E-state index contributed by atoms with van der Waals surface area (Å²) in [7, 11) is 1.59. The van der Waals surface area contributed by atoms with E-state index in [0.29, 0.717) is 12.0 Å². The summed E-state index contributed by atoms with van der Waals surface area (Å²) >= 11 is 0. The molecule has 0 aliphatic carbocycles. The number of carbonyl (C=O) groups is 2. The van der Waals surface area contributed by atoms with Crippen molar-refractivity contribution in [3.63, 3.8) is 0 Å². The van der Waals surface area contributed by atoms with Crippen molar-refractivity contribution in [1.82, 2.24) is 5.32 Å². The topological polar surface area (TPSA) is 75.6 Å². The highest BCUT2D eigenvalue weighted by Gasteiger charge is 2.20. The van der Waals surface area contributed by atoms with Crippen LogP contribution in [0.1, 0.15) is 23.5 Å². The Morgan fingerprint density at radius 2 is 1.75 bits per heavy atom.